The summed E-state index contributed by atoms with van der Waals surface area (Å²) in [4.78, 5) is 0. The maximum atomic E-state index is 10.2. The van der Waals surface area contributed by atoms with Crippen LogP contribution in [0.15, 0.2) is 36.4 Å². The van der Waals surface area contributed by atoms with Crippen molar-refractivity contribution in [1.29, 1.82) is 0 Å². The van der Waals surface area contributed by atoms with Gasteiger partial charge in [-0.2, -0.15) is 0 Å². The molecule has 2 aromatic rings. The number of rotatable bonds is 6. The van der Waals surface area contributed by atoms with Crippen molar-refractivity contribution < 1.29 is 14.9 Å². The predicted octanol–water partition coefficient (Wildman–Crippen LogP) is 6.44. The highest BCUT2D eigenvalue weighted by Crippen LogP contribution is 2.33. The highest BCUT2D eigenvalue weighted by atomic mass is 127. The summed E-state index contributed by atoms with van der Waals surface area (Å²) in [5.41, 5.74) is 1.60. The number of benzene rings is 2. The van der Waals surface area contributed by atoms with E-state index in [2.05, 4.69) is 31.8 Å². The van der Waals surface area contributed by atoms with Crippen molar-refractivity contribution in [3.8, 4) is 28.4 Å². The third-order valence-corrected chi connectivity index (χ3v) is 6.98. The Hall–Kier alpha value is -1.00. The minimum absolute atomic E-state index is 0.0724. The lowest BCUT2D eigenvalue weighted by atomic mass is 9.86. The number of ether oxygens (including phenoxy) is 1. The van der Waals surface area contributed by atoms with Crippen LogP contribution in [0.25, 0.3) is 11.1 Å². The fourth-order valence-corrected chi connectivity index (χ4v) is 4.50. The van der Waals surface area contributed by atoms with Crippen LogP contribution in [0.5, 0.6) is 17.2 Å². The van der Waals surface area contributed by atoms with E-state index in [0.29, 0.717) is 10.9 Å². The van der Waals surface area contributed by atoms with Crippen LogP contribution in [-0.4, -0.2) is 20.7 Å². The van der Waals surface area contributed by atoms with Gasteiger partial charge in [0, 0.05) is 9.49 Å². The van der Waals surface area contributed by atoms with Gasteiger partial charge in [-0.1, -0.05) is 57.8 Å². The van der Waals surface area contributed by atoms with Crippen LogP contribution in [0, 0.1) is 5.92 Å². The van der Waals surface area contributed by atoms with Crippen LogP contribution in [0.3, 0.4) is 0 Å². The van der Waals surface area contributed by atoms with E-state index in [1.165, 1.54) is 32.1 Å². The van der Waals surface area contributed by atoms with Gasteiger partial charge in [0.1, 0.15) is 17.2 Å². The van der Waals surface area contributed by atoms with Gasteiger partial charge in [0.15, 0.2) is 0 Å². The second-order valence-corrected chi connectivity index (χ2v) is 9.37. The molecular weight excluding hydrogens is 482 g/mol. The molecule has 0 aliphatic heterocycles. The first-order valence-electron chi connectivity index (χ1n) is 10.2. The van der Waals surface area contributed by atoms with Crippen molar-refractivity contribution in [2.24, 2.45) is 5.92 Å². The average molecular weight is 514 g/mol. The first-order valence-corrected chi connectivity index (χ1v) is 12.0. The van der Waals surface area contributed by atoms with E-state index in [1.54, 1.807) is 12.1 Å². The number of alkyl halides is 1. The second kappa shape index (κ2) is 11.9. The van der Waals surface area contributed by atoms with Crippen LogP contribution in [0.2, 0.25) is 0 Å². The van der Waals surface area contributed by atoms with Crippen LogP contribution in [0.4, 0.5) is 0 Å². The fraction of sp³-hybridized carbons (Fsp3) is 0.478. The van der Waals surface area contributed by atoms with Crippen LogP contribution >= 0.6 is 31.8 Å². The summed E-state index contributed by atoms with van der Waals surface area (Å²) in [5.74, 6) is 1.90. The summed E-state index contributed by atoms with van der Waals surface area (Å²) in [6, 6.07) is 11.1. The molecule has 1 atom stereocenters. The van der Waals surface area contributed by atoms with Crippen LogP contribution in [0.1, 0.15) is 52.4 Å². The summed E-state index contributed by atoms with van der Waals surface area (Å²) in [7, 11) is 2.37. The maximum absolute atomic E-state index is 10.2. The predicted molar refractivity (Wildman–Crippen MR) is 130 cm³/mol. The standard InChI is InChI=1S/C21H26IO3P.C2H6/c22-16-7-3-14(4-8-16)2-1-13-25-17-9-5-15(6-10-17)18-11-12-19(23)21(26)20(18)24;1-2/h5-6,9-12,14,16,23-24H,1-4,7-8,13,26H2;1-2H3. The zero-order chi connectivity index (χ0) is 20.5. The van der Waals surface area contributed by atoms with Crippen molar-refractivity contribution >= 4 is 37.1 Å². The molecule has 0 radical (unpaired) electrons. The molecule has 28 heavy (non-hydrogen) atoms. The van der Waals surface area contributed by atoms with E-state index >= 15 is 0 Å². The topological polar surface area (TPSA) is 49.7 Å². The molecule has 2 N–H and O–H groups in total. The van der Waals surface area contributed by atoms with Crippen LogP contribution < -0.4 is 10.0 Å². The number of phenolic OH excluding ortho intramolecular Hbond substituents is 2. The fourth-order valence-electron chi connectivity index (χ4n) is 3.53. The first kappa shape index (κ1) is 23.3. The zero-order valence-electron chi connectivity index (χ0n) is 16.8. The van der Waals surface area contributed by atoms with Gasteiger partial charge < -0.3 is 14.9 Å². The van der Waals surface area contributed by atoms with Crippen molar-refractivity contribution in [1.82, 2.24) is 0 Å². The lowest BCUT2D eigenvalue weighted by molar-refractivity contribution is 0.272. The van der Waals surface area contributed by atoms with Gasteiger partial charge in [-0.15, -0.1) is 0 Å². The van der Waals surface area contributed by atoms with Gasteiger partial charge in [0.25, 0.3) is 0 Å². The van der Waals surface area contributed by atoms with Gasteiger partial charge in [-0.05, 0) is 74.3 Å². The van der Waals surface area contributed by atoms with Crippen molar-refractivity contribution in [3.63, 3.8) is 0 Å². The van der Waals surface area contributed by atoms with Gasteiger partial charge in [0.2, 0.25) is 0 Å². The minimum Gasteiger partial charge on any atom is -0.507 e. The third kappa shape index (κ3) is 6.52. The molecule has 0 heterocycles. The molecule has 154 valence electrons. The van der Waals surface area contributed by atoms with Crippen molar-refractivity contribution in [2.75, 3.05) is 6.61 Å². The molecule has 5 heteroatoms. The quantitative estimate of drug-likeness (QED) is 0.202. The number of hydrogen-bond donors (Lipinski definition) is 2. The first-order chi connectivity index (χ1) is 13.5. The largest absolute Gasteiger partial charge is 0.507 e. The van der Waals surface area contributed by atoms with Gasteiger partial charge >= 0.3 is 0 Å². The molecule has 1 unspecified atom stereocenters. The Morgan fingerprint density at radius 1 is 1.00 bits per heavy atom. The normalized spacial score (nSPS) is 18.9. The highest BCUT2D eigenvalue weighted by Gasteiger charge is 2.18. The SMILES string of the molecule is CC.Oc1ccc(-c2ccc(OCCCC3CCC(I)CC3)cc2)c(O)c1P. The molecule has 0 aromatic heterocycles. The second-order valence-electron chi connectivity index (χ2n) is 7.03. The molecule has 1 aliphatic rings. The molecule has 3 nitrogen and oxygen atoms in total. The van der Waals surface area contributed by atoms with Crippen molar-refractivity contribution in [2.45, 2.75) is 56.3 Å². The van der Waals surface area contributed by atoms with E-state index in [-0.39, 0.29) is 11.5 Å². The molecule has 1 saturated carbocycles. The molecule has 0 bridgehead atoms. The maximum Gasteiger partial charge on any atom is 0.134 e. The van der Waals surface area contributed by atoms with Gasteiger partial charge in [0.05, 0.1) is 11.9 Å². The summed E-state index contributed by atoms with van der Waals surface area (Å²) in [6.07, 6.45) is 7.85. The van der Waals surface area contributed by atoms with Crippen molar-refractivity contribution in [3.05, 3.63) is 36.4 Å². The van der Waals surface area contributed by atoms with E-state index in [1.807, 2.05) is 38.1 Å². The molecular formula is C23H32IO3P. The smallest absolute Gasteiger partial charge is 0.134 e. The number of halogens is 1. The Bertz CT molecular complexity index is 725. The Balaban J connectivity index is 0.00000136. The highest BCUT2D eigenvalue weighted by molar-refractivity contribution is 14.1. The molecule has 0 spiro atoms. The summed E-state index contributed by atoms with van der Waals surface area (Å²) >= 11 is 2.58. The molecule has 1 fully saturated rings. The number of aromatic hydroxyl groups is 2. The summed E-state index contributed by atoms with van der Waals surface area (Å²) < 4.78 is 6.76. The van der Waals surface area contributed by atoms with Gasteiger partial charge in [-0.3, -0.25) is 0 Å². The average Bonchev–Trinajstić information content (AvgIpc) is 2.73. The van der Waals surface area contributed by atoms with E-state index in [4.69, 9.17) is 4.74 Å². The lowest BCUT2D eigenvalue weighted by Crippen LogP contribution is -2.14. The Morgan fingerprint density at radius 3 is 2.29 bits per heavy atom. The third-order valence-electron chi connectivity index (χ3n) is 5.16. The zero-order valence-corrected chi connectivity index (χ0v) is 20.1. The molecule has 0 saturated heterocycles. The summed E-state index contributed by atoms with van der Waals surface area (Å²) in [6.45, 7) is 4.75. The Kier molecular flexibility index (Phi) is 9.87. The Morgan fingerprint density at radius 2 is 1.64 bits per heavy atom. The van der Waals surface area contributed by atoms with E-state index in [9.17, 15) is 10.2 Å². The van der Waals surface area contributed by atoms with E-state index in [0.717, 1.165) is 34.2 Å². The summed E-state index contributed by atoms with van der Waals surface area (Å²) in [5, 5.41) is 20.3. The van der Waals surface area contributed by atoms with Crippen LogP contribution in [-0.2, 0) is 0 Å². The lowest BCUT2D eigenvalue weighted by Gasteiger charge is -2.25. The number of hydrogen-bond acceptors (Lipinski definition) is 3. The molecule has 3 rings (SSSR count). The van der Waals surface area contributed by atoms with Gasteiger partial charge in [-0.25, -0.2) is 0 Å². The molecule has 1 aliphatic carbocycles. The molecule has 0 amide bonds. The minimum atomic E-state index is 0.0724. The monoisotopic (exact) mass is 514 g/mol. The number of phenols is 2. The Labute approximate surface area is 185 Å². The van der Waals surface area contributed by atoms with E-state index < -0.39 is 0 Å². The molecule has 2 aromatic carbocycles.